The standard InChI is InChI=1S/C16H19N/c1-12-5-6-14(11-17-12)13-7-9-15(10-8-13)16(2,3)4/h5-11,17H,1H2,2-4H3. The van der Waals surface area contributed by atoms with Gasteiger partial charge in [0.1, 0.15) is 0 Å². The lowest BCUT2D eigenvalue weighted by molar-refractivity contribution is 0.590. The van der Waals surface area contributed by atoms with Gasteiger partial charge in [0.25, 0.3) is 0 Å². The first-order valence-electron chi connectivity index (χ1n) is 5.91. The first-order chi connectivity index (χ1) is 7.97. The van der Waals surface area contributed by atoms with Gasteiger partial charge in [-0.05, 0) is 28.2 Å². The Morgan fingerprint density at radius 1 is 1.00 bits per heavy atom. The number of dihydropyridines is 1. The number of nitrogens with one attached hydrogen (secondary N) is 1. The van der Waals surface area contributed by atoms with Crippen LogP contribution >= 0.6 is 0 Å². The molecule has 1 aromatic carbocycles. The maximum atomic E-state index is 3.85. The van der Waals surface area contributed by atoms with E-state index in [4.69, 9.17) is 0 Å². The minimum absolute atomic E-state index is 0.210. The fraction of sp³-hybridized carbons (Fsp3) is 0.250. The average Bonchev–Trinajstić information content (AvgIpc) is 2.29. The van der Waals surface area contributed by atoms with Crippen molar-refractivity contribution in [1.29, 1.82) is 0 Å². The Morgan fingerprint density at radius 3 is 2.12 bits per heavy atom. The minimum atomic E-state index is 0.210. The third kappa shape index (κ3) is 2.68. The van der Waals surface area contributed by atoms with Gasteiger partial charge in [-0.2, -0.15) is 0 Å². The Kier molecular flexibility index (Phi) is 2.93. The van der Waals surface area contributed by atoms with Crippen molar-refractivity contribution in [2.24, 2.45) is 0 Å². The quantitative estimate of drug-likeness (QED) is 0.761. The monoisotopic (exact) mass is 225 g/mol. The summed E-state index contributed by atoms with van der Waals surface area (Å²) >= 11 is 0. The van der Waals surface area contributed by atoms with Gasteiger partial charge in [-0.15, -0.1) is 0 Å². The van der Waals surface area contributed by atoms with E-state index in [-0.39, 0.29) is 5.41 Å². The summed E-state index contributed by atoms with van der Waals surface area (Å²) in [6.07, 6.45) is 6.08. The Balaban J connectivity index is 2.25. The molecule has 0 aliphatic carbocycles. The lowest BCUT2D eigenvalue weighted by Crippen LogP contribution is -2.11. The molecule has 1 heteroatoms. The van der Waals surface area contributed by atoms with Crippen molar-refractivity contribution in [2.45, 2.75) is 26.2 Å². The maximum Gasteiger partial charge on any atom is 0.0307 e. The molecule has 1 nitrogen and oxygen atoms in total. The van der Waals surface area contributed by atoms with Gasteiger partial charge in [-0.25, -0.2) is 0 Å². The number of allylic oxidation sites excluding steroid dienone is 3. The van der Waals surface area contributed by atoms with Crippen LogP contribution in [0.2, 0.25) is 0 Å². The number of benzene rings is 1. The summed E-state index contributed by atoms with van der Waals surface area (Å²) in [5.74, 6) is 0. The van der Waals surface area contributed by atoms with Gasteiger partial charge in [0.2, 0.25) is 0 Å². The molecule has 1 heterocycles. The van der Waals surface area contributed by atoms with E-state index in [1.807, 2.05) is 12.3 Å². The van der Waals surface area contributed by atoms with Gasteiger partial charge in [0, 0.05) is 11.9 Å². The molecule has 0 amide bonds. The van der Waals surface area contributed by atoms with Crippen molar-refractivity contribution in [1.82, 2.24) is 5.32 Å². The molecule has 0 bridgehead atoms. The summed E-state index contributed by atoms with van der Waals surface area (Å²) in [6.45, 7) is 10.5. The largest absolute Gasteiger partial charge is 0.362 e. The molecule has 0 atom stereocenters. The van der Waals surface area contributed by atoms with Gasteiger partial charge in [0.05, 0.1) is 0 Å². The van der Waals surface area contributed by atoms with Gasteiger partial charge in [0.15, 0.2) is 0 Å². The smallest absolute Gasteiger partial charge is 0.0307 e. The highest BCUT2D eigenvalue weighted by Crippen LogP contribution is 2.25. The van der Waals surface area contributed by atoms with Crippen LogP contribution in [0.5, 0.6) is 0 Å². The molecule has 0 saturated carbocycles. The molecular formula is C16H19N. The Morgan fingerprint density at radius 2 is 1.65 bits per heavy atom. The lowest BCUT2D eigenvalue weighted by atomic mass is 9.86. The van der Waals surface area contributed by atoms with E-state index >= 15 is 0 Å². The van der Waals surface area contributed by atoms with Crippen molar-refractivity contribution < 1.29 is 0 Å². The van der Waals surface area contributed by atoms with Crippen LogP contribution < -0.4 is 5.32 Å². The van der Waals surface area contributed by atoms with Gasteiger partial charge >= 0.3 is 0 Å². The molecule has 0 spiro atoms. The maximum absolute atomic E-state index is 3.85. The van der Waals surface area contributed by atoms with Crippen LogP contribution in [0, 0.1) is 0 Å². The fourth-order valence-electron chi connectivity index (χ4n) is 1.80. The van der Waals surface area contributed by atoms with Crippen LogP contribution in [0.1, 0.15) is 31.9 Å². The SMILES string of the molecule is C=C1C=CC(c2ccc(C(C)(C)C)cc2)=CN1. The summed E-state index contributed by atoms with van der Waals surface area (Å²) in [5, 5.41) is 3.13. The number of hydrogen-bond donors (Lipinski definition) is 1. The van der Waals surface area contributed by atoms with E-state index in [0.29, 0.717) is 0 Å². The fourth-order valence-corrected chi connectivity index (χ4v) is 1.80. The molecular weight excluding hydrogens is 206 g/mol. The third-order valence-corrected chi connectivity index (χ3v) is 2.96. The predicted molar refractivity (Wildman–Crippen MR) is 74.5 cm³/mol. The number of rotatable bonds is 1. The van der Waals surface area contributed by atoms with Crippen LogP contribution in [0.15, 0.2) is 54.9 Å². The molecule has 88 valence electrons. The molecule has 1 aromatic rings. The third-order valence-electron chi connectivity index (χ3n) is 2.96. The van der Waals surface area contributed by atoms with Crippen molar-refractivity contribution in [3.8, 4) is 0 Å². The zero-order valence-corrected chi connectivity index (χ0v) is 10.7. The van der Waals surface area contributed by atoms with Crippen molar-refractivity contribution >= 4 is 5.57 Å². The van der Waals surface area contributed by atoms with E-state index in [1.54, 1.807) is 0 Å². The molecule has 0 unspecified atom stereocenters. The van der Waals surface area contributed by atoms with E-state index < -0.39 is 0 Å². The summed E-state index contributed by atoms with van der Waals surface area (Å²) < 4.78 is 0. The van der Waals surface area contributed by atoms with E-state index in [0.717, 1.165) is 5.70 Å². The lowest BCUT2D eigenvalue weighted by Gasteiger charge is -2.19. The van der Waals surface area contributed by atoms with E-state index in [9.17, 15) is 0 Å². The second kappa shape index (κ2) is 4.25. The molecule has 2 rings (SSSR count). The summed E-state index contributed by atoms with van der Waals surface area (Å²) in [6, 6.07) is 8.75. The molecule has 0 saturated heterocycles. The highest BCUT2D eigenvalue weighted by molar-refractivity contribution is 5.75. The van der Waals surface area contributed by atoms with Crippen LogP contribution in [0.3, 0.4) is 0 Å². The summed E-state index contributed by atoms with van der Waals surface area (Å²) in [5.41, 5.74) is 4.92. The van der Waals surface area contributed by atoms with E-state index in [1.165, 1.54) is 16.7 Å². The molecule has 0 radical (unpaired) electrons. The van der Waals surface area contributed by atoms with Crippen molar-refractivity contribution in [3.63, 3.8) is 0 Å². The molecule has 0 aromatic heterocycles. The zero-order chi connectivity index (χ0) is 12.5. The summed E-state index contributed by atoms with van der Waals surface area (Å²) in [7, 11) is 0. The topological polar surface area (TPSA) is 12.0 Å². The number of hydrogen-bond acceptors (Lipinski definition) is 1. The average molecular weight is 225 g/mol. The molecule has 1 aliphatic heterocycles. The van der Waals surface area contributed by atoms with Crippen molar-refractivity contribution in [3.05, 3.63) is 66.0 Å². The van der Waals surface area contributed by atoms with E-state index in [2.05, 4.69) is 63.0 Å². The van der Waals surface area contributed by atoms with Gasteiger partial charge in [-0.1, -0.05) is 57.7 Å². The molecule has 0 fully saturated rings. The minimum Gasteiger partial charge on any atom is -0.362 e. The second-order valence-electron chi connectivity index (χ2n) is 5.43. The predicted octanol–water partition coefficient (Wildman–Crippen LogP) is 4.00. The van der Waals surface area contributed by atoms with Gasteiger partial charge < -0.3 is 5.32 Å². The van der Waals surface area contributed by atoms with Crippen LogP contribution in [-0.2, 0) is 5.41 Å². The normalized spacial score (nSPS) is 15.5. The zero-order valence-electron chi connectivity index (χ0n) is 10.7. The molecule has 1 N–H and O–H groups in total. The van der Waals surface area contributed by atoms with Crippen LogP contribution in [0.25, 0.3) is 5.57 Å². The molecule has 1 aliphatic rings. The second-order valence-corrected chi connectivity index (χ2v) is 5.43. The summed E-state index contributed by atoms with van der Waals surface area (Å²) in [4.78, 5) is 0. The Bertz CT molecular complexity index is 481. The molecule has 17 heavy (non-hydrogen) atoms. The van der Waals surface area contributed by atoms with Crippen LogP contribution in [-0.4, -0.2) is 0 Å². The Hall–Kier alpha value is -1.76. The van der Waals surface area contributed by atoms with Crippen LogP contribution in [0.4, 0.5) is 0 Å². The Labute approximate surface area is 104 Å². The highest BCUT2D eigenvalue weighted by atomic mass is 14.8. The highest BCUT2D eigenvalue weighted by Gasteiger charge is 2.13. The first kappa shape index (κ1) is 11.7. The van der Waals surface area contributed by atoms with Gasteiger partial charge in [-0.3, -0.25) is 0 Å². The first-order valence-corrected chi connectivity index (χ1v) is 5.91. The van der Waals surface area contributed by atoms with Crippen molar-refractivity contribution in [2.75, 3.05) is 0 Å².